The largest absolute Gasteiger partial charge is 0.235 e. The topological polar surface area (TPSA) is 36.7 Å². The second-order valence-electron chi connectivity index (χ2n) is 5.01. The Morgan fingerprint density at radius 3 is 2.38 bits per heavy atom. The quantitative estimate of drug-likeness (QED) is 0.394. The molecule has 0 amide bonds. The van der Waals surface area contributed by atoms with E-state index >= 15 is 0 Å². The molecule has 0 spiro atoms. The Kier molecular flexibility index (Phi) is 5.37. The predicted molar refractivity (Wildman–Crippen MR) is 104 cm³/mol. The van der Waals surface area contributed by atoms with Gasteiger partial charge in [0.1, 0.15) is 11.1 Å². The van der Waals surface area contributed by atoms with Gasteiger partial charge in [0.15, 0.2) is 0 Å². The maximum atomic E-state index is 9.47. The van der Waals surface area contributed by atoms with Gasteiger partial charge in [-0.05, 0) is 17.7 Å². The van der Waals surface area contributed by atoms with Crippen LogP contribution < -0.4 is 0 Å². The van der Waals surface area contributed by atoms with Crippen LogP contribution in [0.4, 0.5) is 0 Å². The summed E-state index contributed by atoms with van der Waals surface area (Å²) in [5.41, 5.74) is 3.55. The van der Waals surface area contributed by atoms with Crippen molar-refractivity contribution >= 4 is 38.9 Å². The number of hydrogen-bond acceptors (Lipinski definition) is 3. The highest BCUT2D eigenvalue weighted by Crippen LogP contribution is 2.27. The number of allylic oxidation sites excluding steroid dienone is 3. The van der Waals surface area contributed by atoms with Gasteiger partial charge >= 0.3 is 0 Å². The average molecular weight is 393 g/mol. The fourth-order valence-corrected chi connectivity index (χ4v) is 3.46. The molecule has 2 nitrogen and oxygen atoms in total. The Hall–Kier alpha value is -2.48. The number of aromatic nitrogens is 1. The molecule has 0 fully saturated rings. The van der Waals surface area contributed by atoms with Crippen LogP contribution in [0.25, 0.3) is 22.9 Å². The molecule has 0 aliphatic rings. The normalized spacial score (nSPS) is 12.0. The van der Waals surface area contributed by atoms with E-state index in [1.54, 1.807) is 6.08 Å². The zero-order chi connectivity index (χ0) is 16.8. The zero-order valence-corrected chi connectivity index (χ0v) is 15.1. The molecule has 0 unspecified atom stereocenters. The maximum Gasteiger partial charge on any atom is 0.134 e. The van der Waals surface area contributed by atoms with E-state index in [1.807, 2.05) is 72.1 Å². The molecule has 0 aliphatic carbocycles. The lowest BCUT2D eigenvalue weighted by molar-refractivity contribution is 1.37. The average Bonchev–Trinajstić information content (AvgIpc) is 3.11. The first-order chi connectivity index (χ1) is 11.8. The van der Waals surface area contributed by atoms with E-state index in [-0.39, 0.29) is 0 Å². The third-order valence-corrected chi connectivity index (χ3v) is 4.64. The molecule has 1 heterocycles. The number of halogens is 1. The minimum absolute atomic E-state index is 0.543. The van der Waals surface area contributed by atoms with Gasteiger partial charge in [-0.1, -0.05) is 76.6 Å². The molecule has 24 heavy (non-hydrogen) atoms. The summed E-state index contributed by atoms with van der Waals surface area (Å²) < 4.78 is 0.835. The van der Waals surface area contributed by atoms with Crippen molar-refractivity contribution in [3.63, 3.8) is 0 Å². The Balaban J connectivity index is 1.88. The molecule has 0 aliphatic heterocycles. The van der Waals surface area contributed by atoms with Crippen LogP contribution >= 0.6 is 27.3 Å². The highest BCUT2D eigenvalue weighted by molar-refractivity contribution is 9.12. The van der Waals surface area contributed by atoms with Gasteiger partial charge < -0.3 is 0 Å². The van der Waals surface area contributed by atoms with Crippen LogP contribution in [0.1, 0.15) is 10.6 Å². The van der Waals surface area contributed by atoms with Crippen LogP contribution in [-0.2, 0) is 0 Å². The summed E-state index contributed by atoms with van der Waals surface area (Å²) >= 11 is 4.99. The van der Waals surface area contributed by atoms with Gasteiger partial charge in [-0.2, -0.15) is 5.26 Å². The van der Waals surface area contributed by atoms with Crippen LogP contribution in [0, 0.1) is 11.3 Å². The lowest BCUT2D eigenvalue weighted by Crippen LogP contribution is -1.82. The summed E-state index contributed by atoms with van der Waals surface area (Å²) in [7, 11) is 0. The van der Waals surface area contributed by atoms with Crippen LogP contribution in [0.5, 0.6) is 0 Å². The van der Waals surface area contributed by atoms with E-state index in [2.05, 4.69) is 27.0 Å². The van der Waals surface area contributed by atoms with E-state index in [0.29, 0.717) is 5.57 Å². The minimum Gasteiger partial charge on any atom is -0.235 e. The molecule has 0 N–H and O–H groups in total. The van der Waals surface area contributed by atoms with Crippen molar-refractivity contribution in [1.82, 2.24) is 4.98 Å². The molecule has 3 rings (SSSR count). The highest BCUT2D eigenvalue weighted by atomic mass is 79.9. The first kappa shape index (κ1) is 16.4. The van der Waals surface area contributed by atoms with Gasteiger partial charge in [-0.15, -0.1) is 11.3 Å². The molecule has 116 valence electrons. The summed E-state index contributed by atoms with van der Waals surface area (Å²) in [6.07, 6.45) is 3.78. The van der Waals surface area contributed by atoms with Crippen molar-refractivity contribution in [2.45, 2.75) is 0 Å². The third-order valence-electron chi connectivity index (χ3n) is 3.31. The number of thiazole rings is 1. The molecule has 3 aromatic rings. The van der Waals surface area contributed by atoms with Crippen molar-refractivity contribution in [1.29, 1.82) is 5.26 Å². The van der Waals surface area contributed by atoms with Gasteiger partial charge in [0.2, 0.25) is 0 Å². The van der Waals surface area contributed by atoms with Gasteiger partial charge in [-0.3, -0.25) is 0 Å². The second kappa shape index (κ2) is 7.87. The second-order valence-corrected chi connectivity index (χ2v) is 6.79. The lowest BCUT2D eigenvalue weighted by Gasteiger charge is -1.96. The van der Waals surface area contributed by atoms with E-state index in [0.717, 1.165) is 26.3 Å². The monoisotopic (exact) mass is 392 g/mol. The molecule has 2 aromatic carbocycles. The molecule has 0 radical (unpaired) electrons. The van der Waals surface area contributed by atoms with Crippen LogP contribution in [0.15, 0.2) is 76.6 Å². The lowest BCUT2D eigenvalue weighted by atomic mass is 10.2. The number of nitrogens with zero attached hydrogens (tertiary/aromatic N) is 2. The first-order valence-electron chi connectivity index (χ1n) is 7.31. The highest BCUT2D eigenvalue weighted by Gasteiger charge is 2.09. The van der Waals surface area contributed by atoms with Crippen LogP contribution in [0.2, 0.25) is 0 Å². The van der Waals surface area contributed by atoms with Crippen molar-refractivity contribution in [3.05, 3.63) is 87.2 Å². The summed E-state index contributed by atoms with van der Waals surface area (Å²) in [5.74, 6) is 0. The Labute approximate surface area is 153 Å². The Morgan fingerprint density at radius 1 is 1.04 bits per heavy atom. The predicted octanol–water partition coefficient (Wildman–Crippen LogP) is 6.15. The van der Waals surface area contributed by atoms with E-state index in [9.17, 15) is 5.26 Å². The zero-order valence-electron chi connectivity index (χ0n) is 12.7. The van der Waals surface area contributed by atoms with Gasteiger partial charge in [-0.25, -0.2) is 4.98 Å². The van der Waals surface area contributed by atoms with Crippen molar-refractivity contribution in [2.75, 3.05) is 0 Å². The van der Waals surface area contributed by atoms with E-state index in [4.69, 9.17) is 0 Å². The standard InChI is InChI=1S/C20H13BrN2S/c21-18(11-15-7-3-1-4-8-15)12-17(13-22)20-23-19(14-24-20)16-9-5-2-6-10-16/h1-12,14H/b17-12+,18-11+. The minimum atomic E-state index is 0.543. The van der Waals surface area contributed by atoms with Gasteiger partial charge in [0.05, 0.1) is 11.3 Å². The summed E-state index contributed by atoms with van der Waals surface area (Å²) in [6, 6.07) is 22.2. The molecule has 4 heteroatoms. The summed E-state index contributed by atoms with van der Waals surface area (Å²) in [6.45, 7) is 0. The smallest absolute Gasteiger partial charge is 0.134 e. The van der Waals surface area contributed by atoms with Crippen molar-refractivity contribution < 1.29 is 0 Å². The molecule has 0 bridgehead atoms. The number of benzene rings is 2. The van der Waals surface area contributed by atoms with E-state index in [1.165, 1.54) is 11.3 Å². The summed E-state index contributed by atoms with van der Waals surface area (Å²) in [5, 5.41) is 12.2. The number of rotatable bonds is 4. The number of nitriles is 1. The van der Waals surface area contributed by atoms with Crippen LogP contribution in [0.3, 0.4) is 0 Å². The molecule has 1 aromatic heterocycles. The molecule has 0 saturated carbocycles. The Bertz CT molecular complexity index is 919. The molecule has 0 saturated heterocycles. The van der Waals surface area contributed by atoms with Crippen LogP contribution in [-0.4, -0.2) is 4.98 Å². The first-order valence-corrected chi connectivity index (χ1v) is 8.99. The van der Waals surface area contributed by atoms with Gasteiger partial charge in [0, 0.05) is 15.4 Å². The van der Waals surface area contributed by atoms with Crippen molar-refractivity contribution in [3.8, 4) is 17.3 Å². The van der Waals surface area contributed by atoms with Gasteiger partial charge in [0.25, 0.3) is 0 Å². The van der Waals surface area contributed by atoms with Crippen molar-refractivity contribution in [2.24, 2.45) is 0 Å². The molecule has 0 atom stereocenters. The number of hydrogen-bond donors (Lipinski definition) is 0. The summed E-state index contributed by atoms with van der Waals surface area (Å²) in [4.78, 5) is 4.59. The Morgan fingerprint density at radius 2 is 1.71 bits per heavy atom. The molecular weight excluding hydrogens is 380 g/mol. The van der Waals surface area contributed by atoms with E-state index < -0.39 is 0 Å². The fraction of sp³-hybridized carbons (Fsp3) is 0. The third kappa shape index (κ3) is 4.08. The maximum absolute atomic E-state index is 9.47. The molecular formula is C20H13BrN2S. The SMILES string of the molecule is N#C/C(=C\C(Br)=C/c1ccccc1)c1nc(-c2ccccc2)cs1. The fourth-order valence-electron chi connectivity index (χ4n) is 2.17.